The Balaban J connectivity index is 3.42. The molecule has 0 aliphatic carbocycles. The molecule has 21 heavy (non-hydrogen) atoms. The first-order valence-electron chi connectivity index (χ1n) is 5.90. The SMILES string of the molecule is CC(=O)Oc1cc(C[C]=S)cc(OC(C)=O)c1OC(C)=O. The zero-order chi connectivity index (χ0) is 16.0. The number of ether oxygens (including phenoxy) is 3. The Kier molecular flexibility index (Phi) is 5.98. The number of rotatable bonds is 5. The maximum absolute atomic E-state index is 11.2. The van der Waals surface area contributed by atoms with Gasteiger partial charge in [0, 0.05) is 32.6 Å². The van der Waals surface area contributed by atoms with Gasteiger partial charge in [-0.25, -0.2) is 0 Å². The summed E-state index contributed by atoms with van der Waals surface area (Å²) in [5, 5.41) is 2.50. The third-order valence-corrected chi connectivity index (χ3v) is 2.25. The van der Waals surface area contributed by atoms with Crippen LogP contribution in [0.25, 0.3) is 0 Å². The number of carbonyl (C=O) groups is 3. The second-order valence-electron chi connectivity index (χ2n) is 4.02. The molecule has 111 valence electrons. The van der Waals surface area contributed by atoms with Crippen LogP contribution >= 0.6 is 12.2 Å². The molecule has 0 bridgehead atoms. The van der Waals surface area contributed by atoms with E-state index in [1.54, 1.807) is 0 Å². The predicted molar refractivity (Wildman–Crippen MR) is 76.7 cm³/mol. The molecule has 0 saturated heterocycles. The fourth-order valence-corrected chi connectivity index (χ4v) is 1.69. The molecule has 1 aromatic carbocycles. The van der Waals surface area contributed by atoms with Crippen molar-refractivity contribution in [2.45, 2.75) is 27.2 Å². The predicted octanol–water partition coefficient (Wildman–Crippen LogP) is 1.88. The first-order valence-corrected chi connectivity index (χ1v) is 6.31. The van der Waals surface area contributed by atoms with Gasteiger partial charge in [0.05, 0.1) is 0 Å². The summed E-state index contributed by atoms with van der Waals surface area (Å²) >= 11 is 4.65. The standard InChI is InChI=1S/C14H13O6S/c1-8(15)18-12-6-11(4-5-21)7-13(19-9(2)16)14(12)20-10(3)17/h6-7H,4H2,1-3H3. The molecule has 0 aromatic heterocycles. The van der Waals surface area contributed by atoms with Crippen molar-refractivity contribution < 1.29 is 28.6 Å². The molecule has 0 spiro atoms. The molecule has 1 aromatic rings. The monoisotopic (exact) mass is 309 g/mol. The molecule has 0 aliphatic heterocycles. The van der Waals surface area contributed by atoms with Crippen LogP contribution in [0.15, 0.2) is 12.1 Å². The van der Waals surface area contributed by atoms with E-state index in [0.717, 1.165) is 0 Å². The Morgan fingerprint density at radius 3 is 1.71 bits per heavy atom. The van der Waals surface area contributed by atoms with E-state index in [-0.39, 0.29) is 23.7 Å². The van der Waals surface area contributed by atoms with Gasteiger partial charge in [-0.05, 0) is 17.7 Å². The van der Waals surface area contributed by atoms with Crippen LogP contribution in [0.3, 0.4) is 0 Å². The highest BCUT2D eigenvalue weighted by atomic mass is 32.1. The molecule has 0 aliphatic rings. The number of hydrogen-bond donors (Lipinski definition) is 0. The van der Waals surface area contributed by atoms with E-state index in [9.17, 15) is 14.4 Å². The first-order chi connectivity index (χ1) is 9.83. The normalized spacial score (nSPS) is 9.67. The van der Waals surface area contributed by atoms with Crippen LogP contribution in [0.5, 0.6) is 17.2 Å². The fraction of sp³-hybridized carbons (Fsp3) is 0.286. The highest BCUT2D eigenvalue weighted by Crippen LogP contribution is 2.39. The van der Waals surface area contributed by atoms with Crippen LogP contribution in [-0.2, 0) is 20.8 Å². The summed E-state index contributed by atoms with van der Waals surface area (Å²) in [7, 11) is 0. The van der Waals surface area contributed by atoms with Gasteiger partial charge in [-0.2, -0.15) is 0 Å². The van der Waals surface area contributed by atoms with Crippen LogP contribution in [-0.4, -0.2) is 23.3 Å². The third-order valence-electron chi connectivity index (χ3n) is 2.11. The van der Waals surface area contributed by atoms with Crippen LogP contribution < -0.4 is 14.2 Å². The maximum atomic E-state index is 11.2. The Hall–Kier alpha value is -2.28. The number of esters is 3. The van der Waals surface area contributed by atoms with Crippen LogP contribution in [0, 0.1) is 0 Å². The van der Waals surface area contributed by atoms with Gasteiger partial charge in [0.2, 0.25) is 5.75 Å². The van der Waals surface area contributed by atoms with Crippen molar-refractivity contribution in [2.75, 3.05) is 0 Å². The minimum Gasteiger partial charge on any atom is -0.423 e. The minimum absolute atomic E-state index is 0.0308. The molecule has 0 fully saturated rings. The fourth-order valence-electron chi connectivity index (χ4n) is 1.52. The minimum atomic E-state index is -0.647. The summed E-state index contributed by atoms with van der Waals surface area (Å²) in [5.41, 5.74) is 0.591. The van der Waals surface area contributed by atoms with Crippen molar-refractivity contribution in [3.05, 3.63) is 17.7 Å². The Labute approximate surface area is 127 Å². The lowest BCUT2D eigenvalue weighted by atomic mass is 10.1. The van der Waals surface area contributed by atoms with E-state index >= 15 is 0 Å². The van der Waals surface area contributed by atoms with E-state index in [0.29, 0.717) is 5.56 Å². The molecular weight excluding hydrogens is 296 g/mol. The molecule has 0 heterocycles. The average Bonchev–Trinajstić information content (AvgIpc) is 2.32. The summed E-state index contributed by atoms with van der Waals surface area (Å²) in [6, 6.07) is 2.93. The molecule has 7 heteroatoms. The van der Waals surface area contributed by atoms with E-state index < -0.39 is 17.9 Å². The van der Waals surface area contributed by atoms with E-state index in [1.807, 2.05) is 0 Å². The second-order valence-corrected chi connectivity index (χ2v) is 4.31. The van der Waals surface area contributed by atoms with Gasteiger partial charge in [0.1, 0.15) is 0 Å². The lowest BCUT2D eigenvalue weighted by Gasteiger charge is -2.14. The summed E-state index contributed by atoms with van der Waals surface area (Å²) in [6.45, 7) is 3.57. The lowest BCUT2D eigenvalue weighted by Crippen LogP contribution is -2.11. The van der Waals surface area contributed by atoms with Gasteiger partial charge in [-0.3, -0.25) is 14.4 Å². The van der Waals surface area contributed by atoms with Crippen LogP contribution in [0.4, 0.5) is 0 Å². The third kappa shape index (κ3) is 5.31. The Morgan fingerprint density at radius 2 is 1.38 bits per heavy atom. The van der Waals surface area contributed by atoms with Gasteiger partial charge in [0.15, 0.2) is 11.5 Å². The highest BCUT2D eigenvalue weighted by molar-refractivity contribution is 7.78. The van der Waals surface area contributed by atoms with Gasteiger partial charge in [0.25, 0.3) is 0 Å². The number of thiocarbonyl (C=S) groups is 1. The zero-order valence-corrected chi connectivity index (χ0v) is 12.5. The van der Waals surface area contributed by atoms with Crippen LogP contribution in [0.1, 0.15) is 26.3 Å². The number of hydrogen-bond acceptors (Lipinski definition) is 7. The highest BCUT2D eigenvalue weighted by Gasteiger charge is 2.19. The lowest BCUT2D eigenvalue weighted by molar-refractivity contribution is -0.135. The molecule has 0 amide bonds. The summed E-state index contributed by atoms with van der Waals surface area (Å²) < 4.78 is 14.9. The van der Waals surface area contributed by atoms with Gasteiger partial charge in [-0.15, -0.1) is 0 Å². The van der Waals surface area contributed by atoms with E-state index in [2.05, 4.69) is 17.6 Å². The average molecular weight is 309 g/mol. The topological polar surface area (TPSA) is 78.9 Å². The zero-order valence-electron chi connectivity index (χ0n) is 11.7. The van der Waals surface area contributed by atoms with Gasteiger partial charge >= 0.3 is 17.9 Å². The molecule has 6 nitrogen and oxygen atoms in total. The second kappa shape index (κ2) is 7.49. The molecule has 1 radical (unpaired) electrons. The summed E-state index contributed by atoms with van der Waals surface area (Å²) in [6.07, 6.45) is 0.262. The molecule has 0 N–H and O–H groups in total. The van der Waals surface area contributed by atoms with Crippen molar-refractivity contribution >= 4 is 35.5 Å². The molecule has 0 unspecified atom stereocenters. The summed E-state index contributed by atoms with van der Waals surface area (Å²) in [4.78, 5) is 33.5. The molecular formula is C14H13O6S. The quantitative estimate of drug-likeness (QED) is 0.467. The summed E-state index contributed by atoms with van der Waals surface area (Å²) in [5.74, 6) is -2.07. The number of benzene rings is 1. The van der Waals surface area contributed by atoms with Gasteiger partial charge in [-0.1, -0.05) is 12.2 Å². The van der Waals surface area contributed by atoms with Crippen molar-refractivity contribution in [1.82, 2.24) is 0 Å². The van der Waals surface area contributed by atoms with Crippen molar-refractivity contribution in [3.8, 4) is 17.2 Å². The van der Waals surface area contributed by atoms with E-state index in [4.69, 9.17) is 14.2 Å². The van der Waals surface area contributed by atoms with E-state index in [1.165, 1.54) is 32.9 Å². The van der Waals surface area contributed by atoms with Crippen molar-refractivity contribution in [1.29, 1.82) is 0 Å². The number of carbonyl (C=O) groups excluding carboxylic acids is 3. The molecule has 1 rings (SSSR count). The smallest absolute Gasteiger partial charge is 0.308 e. The Morgan fingerprint density at radius 1 is 0.952 bits per heavy atom. The molecule has 0 atom stereocenters. The first kappa shape index (κ1) is 16.8. The largest absolute Gasteiger partial charge is 0.423 e. The van der Waals surface area contributed by atoms with Gasteiger partial charge < -0.3 is 14.2 Å². The molecule has 0 saturated carbocycles. The van der Waals surface area contributed by atoms with Crippen LogP contribution in [0.2, 0.25) is 0 Å². The van der Waals surface area contributed by atoms with Crippen molar-refractivity contribution in [3.63, 3.8) is 0 Å². The Bertz CT molecular complexity index is 556. The van der Waals surface area contributed by atoms with Crippen molar-refractivity contribution in [2.24, 2.45) is 0 Å². The maximum Gasteiger partial charge on any atom is 0.308 e.